The van der Waals surface area contributed by atoms with Crippen molar-refractivity contribution < 1.29 is 4.79 Å². The summed E-state index contributed by atoms with van der Waals surface area (Å²) in [4.78, 5) is 12.4. The molecule has 0 heterocycles. The Bertz CT molecular complexity index is 974. The normalized spacial score (nSPS) is 11.1. The van der Waals surface area contributed by atoms with Gasteiger partial charge in [-0.2, -0.15) is 5.26 Å². The van der Waals surface area contributed by atoms with Gasteiger partial charge in [-0.3, -0.25) is 4.79 Å². The van der Waals surface area contributed by atoms with Crippen LogP contribution in [0, 0.1) is 11.3 Å². The van der Waals surface area contributed by atoms with Crippen molar-refractivity contribution in [3.63, 3.8) is 0 Å². The van der Waals surface area contributed by atoms with Gasteiger partial charge in [-0.1, -0.05) is 61.5 Å². The third-order valence-electron chi connectivity index (χ3n) is 4.11. The number of nitriles is 1. The third kappa shape index (κ3) is 3.76. The molecular formula is C22H18N2O. The molecule has 3 heteroatoms. The van der Waals surface area contributed by atoms with Crippen LogP contribution >= 0.6 is 0 Å². The summed E-state index contributed by atoms with van der Waals surface area (Å²) in [5.74, 6) is -0.403. The Hall–Kier alpha value is -3.38. The maximum absolute atomic E-state index is 12.4. The lowest BCUT2D eigenvalue weighted by Crippen LogP contribution is -2.13. The van der Waals surface area contributed by atoms with Gasteiger partial charge in [0.05, 0.1) is 0 Å². The summed E-state index contributed by atoms with van der Waals surface area (Å²) in [6.45, 7) is 2.08. The monoisotopic (exact) mass is 326 g/mol. The first-order chi connectivity index (χ1) is 12.2. The fourth-order valence-electron chi connectivity index (χ4n) is 2.70. The van der Waals surface area contributed by atoms with E-state index in [-0.39, 0.29) is 5.57 Å². The number of nitrogens with zero attached hydrogens (tertiary/aromatic N) is 1. The number of carbonyl (C=O) groups excluding carboxylic acids is 1. The highest BCUT2D eigenvalue weighted by atomic mass is 16.1. The summed E-state index contributed by atoms with van der Waals surface area (Å²) in [7, 11) is 0. The zero-order valence-corrected chi connectivity index (χ0v) is 14.0. The van der Waals surface area contributed by atoms with Crippen LogP contribution in [-0.4, -0.2) is 5.91 Å². The first kappa shape index (κ1) is 16.5. The molecule has 3 nitrogen and oxygen atoms in total. The molecule has 0 unspecified atom stereocenters. The van der Waals surface area contributed by atoms with Crippen LogP contribution in [0.25, 0.3) is 16.8 Å². The van der Waals surface area contributed by atoms with E-state index < -0.39 is 5.91 Å². The molecule has 0 atom stereocenters. The summed E-state index contributed by atoms with van der Waals surface area (Å²) in [6.07, 6.45) is 2.58. The molecule has 0 fully saturated rings. The van der Waals surface area contributed by atoms with Crippen LogP contribution in [-0.2, 0) is 11.2 Å². The molecule has 0 radical (unpaired) electrons. The summed E-state index contributed by atoms with van der Waals surface area (Å²) in [5.41, 5.74) is 2.81. The largest absolute Gasteiger partial charge is 0.321 e. The van der Waals surface area contributed by atoms with Crippen LogP contribution < -0.4 is 5.32 Å². The SMILES string of the molecule is CCc1ccc(NC(=O)C(C#N)=Cc2cccc3ccccc23)cc1. The molecule has 3 aromatic rings. The zero-order valence-electron chi connectivity index (χ0n) is 14.0. The minimum atomic E-state index is -0.403. The van der Waals surface area contributed by atoms with E-state index in [4.69, 9.17) is 0 Å². The average Bonchev–Trinajstić information content (AvgIpc) is 2.66. The molecule has 0 spiro atoms. The van der Waals surface area contributed by atoms with Gasteiger partial charge in [0, 0.05) is 5.69 Å². The van der Waals surface area contributed by atoms with E-state index in [1.807, 2.05) is 72.8 Å². The van der Waals surface area contributed by atoms with Crippen molar-refractivity contribution >= 4 is 28.4 Å². The van der Waals surface area contributed by atoms with E-state index in [0.717, 1.165) is 22.8 Å². The predicted molar refractivity (Wildman–Crippen MR) is 102 cm³/mol. The van der Waals surface area contributed by atoms with Crippen LogP contribution in [0.2, 0.25) is 0 Å². The standard InChI is InChI=1S/C22H18N2O/c1-2-16-10-12-20(13-11-16)24-22(25)19(15-23)14-18-8-5-7-17-6-3-4-9-21(17)18/h3-14H,2H2,1H3,(H,24,25). The van der Waals surface area contributed by atoms with E-state index in [1.165, 1.54) is 5.56 Å². The van der Waals surface area contributed by atoms with E-state index in [1.54, 1.807) is 6.08 Å². The Kier molecular flexibility index (Phi) is 4.92. The van der Waals surface area contributed by atoms with Crippen molar-refractivity contribution in [3.8, 4) is 6.07 Å². The highest BCUT2D eigenvalue weighted by molar-refractivity contribution is 6.10. The third-order valence-corrected chi connectivity index (χ3v) is 4.11. The summed E-state index contributed by atoms with van der Waals surface area (Å²) < 4.78 is 0. The van der Waals surface area contributed by atoms with Gasteiger partial charge in [-0.15, -0.1) is 0 Å². The number of amides is 1. The maximum Gasteiger partial charge on any atom is 0.266 e. The molecule has 0 saturated heterocycles. The molecule has 3 aromatic carbocycles. The lowest BCUT2D eigenvalue weighted by molar-refractivity contribution is -0.112. The second-order valence-electron chi connectivity index (χ2n) is 5.74. The molecule has 25 heavy (non-hydrogen) atoms. The number of hydrogen-bond donors (Lipinski definition) is 1. The Morgan fingerprint density at radius 1 is 1.04 bits per heavy atom. The van der Waals surface area contributed by atoms with Crippen molar-refractivity contribution in [1.29, 1.82) is 5.26 Å². The number of hydrogen-bond acceptors (Lipinski definition) is 2. The molecule has 0 aliphatic heterocycles. The van der Waals surface area contributed by atoms with Gasteiger partial charge in [0.25, 0.3) is 5.91 Å². The van der Waals surface area contributed by atoms with Crippen molar-refractivity contribution in [3.05, 3.63) is 83.4 Å². The average molecular weight is 326 g/mol. The number of nitrogens with one attached hydrogen (secondary N) is 1. The highest BCUT2D eigenvalue weighted by Gasteiger charge is 2.10. The van der Waals surface area contributed by atoms with Crippen LogP contribution in [0.1, 0.15) is 18.1 Å². The number of carbonyl (C=O) groups is 1. The van der Waals surface area contributed by atoms with Crippen molar-refractivity contribution in [2.45, 2.75) is 13.3 Å². The summed E-state index contributed by atoms with van der Waals surface area (Å²) in [5, 5.41) is 14.3. The second-order valence-corrected chi connectivity index (χ2v) is 5.74. The number of rotatable bonds is 4. The smallest absolute Gasteiger partial charge is 0.266 e. The fraction of sp³-hybridized carbons (Fsp3) is 0.0909. The van der Waals surface area contributed by atoms with E-state index >= 15 is 0 Å². The van der Waals surface area contributed by atoms with E-state index in [0.29, 0.717) is 5.69 Å². The minimum absolute atomic E-state index is 0.0796. The molecular weight excluding hydrogens is 308 g/mol. The molecule has 122 valence electrons. The van der Waals surface area contributed by atoms with Gasteiger partial charge >= 0.3 is 0 Å². The topological polar surface area (TPSA) is 52.9 Å². The van der Waals surface area contributed by atoms with E-state index in [9.17, 15) is 10.1 Å². The molecule has 1 N–H and O–H groups in total. The lowest BCUT2D eigenvalue weighted by Gasteiger charge is -2.06. The van der Waals surface area contributed by atoms with Crippen molar-refractivity contribution in [2.24, 2.45) is 0 Å². The number of aryl methyl sites for hydroxylation is 1. The molecule has 0 saturated carbocycles. The van der Waals surface area contributed by atoms with Crippen LogP contribution in [0.5, 0.6) is 0 Å². The van der Waals surface area contributed by atoms with Gasteiger partial charge in [0.1, 0.15) is 11.6 Å². The maximum atomic E-state index is 12.4. The number of benzene rings is 3. The Labute approximate surface area is 147 Å². The molecule has 0 aliphatic carbocycles. The van der Waals surface area contributed by atoms with Gasteiger partial charge < -0.3 is 5.32 Å². The molecule has 1 amide bonds. The quantitative estimate of drug-likeness (QED) is 0.545. The predicted octanol–water partition coefficient (Wildman–Crippen LogP) is 4.95. The highest BCUT2D eigenvalue weighted by Crippen LogP contribution is 2.21. The minimum Gasteiger partial charge on any atom is -0.321 e. The van der Waals surface area contributed by atoms with E-state index in [2.05, 4.69) is 12.2 Å². The van der Waals surface area contributed by atoms with Gasteiger partial charge in [-0.05, 0) is 46.5 Å². The van der Waals surface area contributed by atoms with Crippen molar-refractivity contribution in [1.82, 2.24) is 0 Å². The zero-order chi connectivity index (χ0) is 17.6. The van der Waals surface area contributed by atoms with Gasteiger partial charge in [-0.25, -0.2) is 0 Å². The van der Waals surface area contributed by atoms with Crippen LogP contribution in [0.15, 0.2) is 72.3 Å². The van der Waals surface area contributed by atoms with Crippen molar-refractivity contribution in [2.75, 3.05) is 5.32 Å². The van der Waals surface area contributed by atoms with Crippen LogP contribution in [0.3, 0.4) is 0 Å². The lowest BCUT2D eigenvalue weighted by atomic mass is 10.0. The molecule has 0 bridgehead atoms. The fourth-order valence-corrected chi connectivity index (χ4v) is 2.70. The van der Waals surface area contributed by atoms with Gasteiger partial charge in [0.2, 0.25) is 0 Å². The summed E-state index contributed by atoms with van der Waals surface area (Å²) >= 11 is 0. The Morgan fingerprint density at radius 3 is 2.48 bits per heavy atom. The molecule has 0 aromatic heterocycles. The van der Waals surface area contributed by atoms with Gasteiger partial charge in [0.15, 0.2) is 0 Å². The summed E-state index contributed by atoms with van der Waals surface area (Å²) in [6, 6.07) is 23.4. The first-order valence-corrected chi connectivity index (χ1v) is 8.21. The Morgan fingerprint density at radius 2 is 1.76 bits per heavy atom. The Balaban J connectivity index is 1.89. The number of anilines is 1. The second kappa shape index (κ2) is 7.46. The molecule has 0 aliphatic rings. The molecule has 3 rings (SSSR count). The van der Waals surface area contributed by atoms with Crippen LogP contribution in [0.4, 0.5) is 5.69 Å². The first-order valence-electron chi connectivity index (χ1n) is 8.21. The number of fused-ring (bicyclic) bond motifs is 1.